The van der Waals surface area contributed by atoms with Crippen LogP contribution in [0, 0.1) is 6.92 Å². The Hall–Kier alpha value is -1.32. The highest BCUT2D eigenvalue weighted by atomic mass is 16.5. The molecular weight excluding hydrogens is 238 g/mol. The van der Waals surface area contributed by atoms with Crippen LogP contribution in [0.3, 0.4) is 0 Å². The molecule has 0 fully saturated rings. The monoisotopic (exact) mass is 265 g/mol. The van der Waals surface area contributed by atoms with E-state index in [1.54, 1.807) is 0 Å². The van der Waals surface area contributed by atoms with Crippen molar-refractivity contribution in [2.24, 2.45) is 0 Å². The van der Waals surface area contributed by atoms with Gasteiger partial charge in [0.15, 0.2) is 0 Å². The Bertz CT molecular complexity index is 393. The first-order chi connectivity index (χ1) is 9.12. The molecule has 1 heterocycles. The van der Waals surface area contributed by atoms with Gasteiger partial charge in [-0.15, -0.1) is 0 Å². The Morgan fingerprint density at radius 3 is 2.47 bits per heavy atom. The summed E-state index contributed by atoms with van der Waals surface area (Å²) in [5.74, 6) is 2.50. The highest BCUT2D eigenvalue weighted by Gasteiger charge is 2.13. The number of hydrogen-bond donors (Lipinski definition) is 1. The standard InChI is InChI=1S/C15H27N3O/c1-6-9-11(4)19-15-12(5)14(16-8-3)17-13(18-15)10-7-2/h11H,6-10H2,1-5H3,(H,16,17,18). The van der Waals surface area contributed by atoms with Gasteiger partial charge in [0, 0.05) is 13.0 Å². The maximum absolute atomic E-state index is 5.97. The molecule has 0 aromatic carbocycles. The minimum Gasteiger partial charge on any atom is -0.474 e. The second kappa shape index (κ2) is 7.97. The highest BCUT2D eigenvalue weighted by Crippen LogP contribution is 2.24. The summed E-state index contributed by atoms with van der Waals surface area (Å²) in [6.45, 7) is 11.3. The summed E-state index contributed by atoms with van der Waals surface area (Å²) in [4.78, 5) is 9.12. The van der Waals surface area contributed by atoms with Gasteiger partial charge in [0.25, 0.3) is 0 Å². The van der Waals surface area contributed by atoms with Crippen LogP contribution in [0.5, 0.6) is 5.88 Å². The van der Waals surface area contributed by atoms with Crippen molar-refractivity contribution in [1.82, 2.24) is 9.97 Å². The summed E-state index contributed by atoms with van der Waals surface area (Å²) in [6, 6.07) is 0. The molecule has 1 unspecified atom stereocenters. The lowest BCUT2D eigenvalue weighted by Gasteiger charge is -2.17. The Labute approximate surface area is 117 Å². The smallest absolute Gasteiger partial charge is 0.222 e. The van der Waals surface area contributed by atoms with E-state index >= 15 is 0 Å². The first-order valence-electron chi connectivity index (χ1n) is 7.40. The molecule has 108 valence electrons. The molecule has 19 heavy (non-hydrogen) atoms. The van der Waals surface area contributed by atoms with E-state index in [9.17, 15) is 0 Å². The summed E-state index contributed by atoms with van der Waals surface area (Å²) >= 11 is 0. The number of aromatic nitrogens is 2. The Morgan fingerprint density at radius 1 is 1.16 bits per heavy atom. The quantitative estimate of drug-likeness (QED) is 0.778. The van der Waals surface area contributed by atoms with E-state index in [0.717, 1.165) is 55.3 Å². The van der Waals surface area contributed by atoms with E-state index in [0.29, 0.717) is 0 Å². The van der Waals surface area contributed by atoms with Crippen molar-refractivity contribution in [2.45, 2.75) is 66.4 Å². The van der Waals surface area contributed by atoms with Gasteiger partial charge in [0.1, 0.15) is 11.6 Å². The highest BCUT2D eigenvalue weighted by molar-refractivity contribution is 5.48. The molecule has 1 rings (SSSR count). The third-order valence-electron chi connectivity index (χ3n) is 2.97. The summed E-state index contributed by atoms with van der Waals surface area (Å²) in [7, 11) is 0. The lowest BCUT2D eigenvalue weighted by atomic mass is 10.2. The predicted octanol–water partition coefficient (Wildman–Crippen LogP) is 3.74. The fourth-order valence-electron chi connectivity index (χ4n) is 1.99. The lowest BCUT2D eigenvalue weighted by molar-refractivity contribution is 0.199. The molecule has 0 amide bonds. The third kappa shape index (κ3) is 4.69. The summed E-state index contributed by atoms with van der Waals surface area (Å²) in [6.07, 6.45) is 4.29. The molecule has 0 bridgehead atoms. The number of nitrogens with one attached hydrogen (secondary N) is 1. The van der Waals surface area contributed by atoms with Crippen molar-refractivity contribution in [1.29, 1.82) is 0 Å². The van der Waals surface area contributed by atoms with Crippen LogP contribution in [0.15, 0.2) is 0 Å². The molecule has 4 heteroatoms. The van der Waals surface area contributed by atoms with Gasteiger partial charge in [0.2, 0.25) is 5.88 Å². The second-order valence-electron chi connectivity index (χ2n) is 4.92. The van der Waals surface area contributed by atoms with E-state index < -0.39 is 0 Å². The number of ether oxygens (including phenoxy) is 1. The van der Waals surface area contributed by atoms with Crippen molar-refractivity contribution < 1.29 is 4.74 Å². The van der Waals surface area contributed by atoms with Crippen molar-refractivity contribution in [2.75, 3.05) is 11.9 Å². The molecule has 0 aliphatic heterocycles. The largest absolute Gasteiger partial charge is 0.474 e. The minimum atomic E-state index is 0.197. The van der Waals surface area contributed by atoms with E-state index in [2.05, 4.69) is 43.0 Å². The first kappa shape index (κ1) is 15.7. The van der Waals surface area contributed by atoms with Crippen LogP contribution in [0.2, 0.25) is 0 Å². The van der Waals surface area contributed by atoms with Gasteiger partial charge in [-0.1, -0.05) is 20.3 Å². The average molecular weight is 265 g/mol. The molecule has 1 aromatic rings. The van der Waals surface area contributed by atoms with E-state index in [-0.39, 0.29) is 6.10 Å². The van der Waals surface area contributed by atoms with Crippen molar-refractivity contribution in [3.63, 3.8) is 0 Å². The molecule has 1 N–H and O–H groups in total. The van der Waals surface area contributed by atoms with Crippen LogP contribution in [0.1, 0.15) is 58.3 Å². The van der Waals surface area contributed by atoms with Gasteiger partial charge in [-0.3, -0.25) is 0 Å². The normalized spacial score (nSPS) is 12.3. The van der Waals surface area contributed by atoms with Crippen LogP contribution in [0.25, 0.3) is 0 Å². The van der Waals surface area contributed by atoms with E-state index in [1.165, 1.54) is 0 Å². The maximum atomic E-state index is 5.97. The zero-order chi connectivity index (χ0) is 14.3. The van der Waals surface area contributed by atoms with Gasteiger partial charge < -0.3 is 10.1 Å². The zero-order valence-corrected chi connectivity index (χ0v) is 12.9. The molecule has 0 aliphatic carbocycles. The van der Waals surface area contributed by atoms with E-state index in [4.69, 9.17) is 4.74 Å². The van der Waals surface area contributed by atoms with Gasteiger partial charge >= 0.3 is 0 Å². The lowest BCUT2D eigenvalue weighted by Crippen LogP contribution is -2.15. The minimum absolute atomic E-state index is 0.197. The van der Waals surface area contributed by atoms with Gasteiger partial charge in [0.05, 0.1) is 11.7 Å². The number of rotatable bonds is 8. The molecule has 0 spiro atoms. The molecule has 1 aromatic heterocycles. The van der Waals surface area contributed by atoms with E-state index in [1.807, 2.05) is 6.92 Å². The first-order valence-corrected chi connectivity index (χ1v) is 7.40. The molecule has 0 radical (unpaired) electrons. The Kier molecular flexibility index (Phi) is 6.60. The van der Waals surface area contributed by atoms with Crippen LogP contribution >= 0.6 is 0 Å². The molecule has 0 saturated heterocycles. The van der Waals surface area contributed by atoms with Crippen molar-refractivity contribution in [3.05, 3.63) is 11.4 Å². The van der Waals surface area contributed by atoms with Crippen molar-refractivity contribution >= 4 is 5.82 Å². The summed E-state index contributed by atoms with van der Waals surface area (Å²) < 4.78 is 5.97. The molecule has 0 aliphatic rings. The molecule has 4 nitrogen and oxygen atoms in total. The second-order valence-corrected chi connectivity index (χ2v) is 4.92. The van der Waals surface area contributed by atoms with Crippen LogP contribution in [-0.2, 0) is 6.42 Å². The summed E-state index contributed by atoms with van der Waals surface area (Å²) in [5.41, 5.74) is 1.00. The maximum Gasteiger partial charge on any atom is 0.222 e. The predicted molar refractivity (Wildman–Crippen MR) is 79.9 cm³/mol. The topological polar surface area (TPSA) is 47.0 Å². The number of aryl methyl sites for hydroxylation is 1. The van der Waals surface area contributed by atoms with Crippen molar-refractivity contribution in [3.8, 4) is 5.88 Å². The molecule has 0 saturated carbocycles. The van der Waals surface area contributed by atoms with Crippen LogP contribution in [-0.4, -0.2) is 22.6 Å². The zero-order valence-electron chi connectivity index (χ0n) is 12.9. The molecule has 1 atom stereocenters. The average Bonchev–Trinajstić information content (AvgIpc) is 2.36. The SMILES string of the molecule is CCCc1nc(NCC)c(C)c(OC(C)CCC)n1. The van der Waals surface area contributed by atoms with Gasteiger partial charge in [-0.2, -0.15) is 4.98 Å². The van der Waals surface area contributed by atoms with Crippen LogP contribution in [0.4, 0.5) is 5.82 Å². The number of nitrogens with zero attached hydrogens (tertiary/aromatic N) is 2. The summed E-state index contributed by atoms with van der Waals surface area (Å²) in [5, 5.41) is 3.29. The molecular formula is C15H27N3O. The van der Waals surface area contributed by atoms with Crippen LogP contribution < -0.4 is 10.1 Å². The Morgan fingerprint density at radius 2 is 1.89 bits per heavy atom. The fourth-order valence-corrected chi connectivity index (χ4v) is 1.99. The van der Waals surface area contributed by atoms with Gasteiger partial charge in [-0.25, -0.2) is 4.98 Å². The Balaban J connectivity index is 2.99. The third-order valence-corrected chi connectivity index (χ3v) is 2.97. The number of anilines is 1. The number of hydrogen-bond acceptors (Lipinski definition) is 4. The fraction of sp³-hybridized carbons (Fsp3) is 0.733. The van der Waals surface area contributed by atoms with Gasteiger partial charge in [-0.05, 0) is 33.6 Å².